The minimum atomic E-state index is -0.587. The zero-order valence-corrected chi connectivity index (χ0v) is 13.9. The van der Waals surface area contributed by atoms with Gasteiger partial charge in [-0.3, -0.25) is 0 Å². The van der Waals surface area contributed by atoms with Gasteiger partial charge >= 0.3 is 6.09 Å². The van der Waals surface area contributed by atoms with Gasteiger partial charge in [-0.2, -0.15) is 0 Å². The van der Waals surface area contributed by atoms with Gasteiger partial charge in [0.15, 0.2) is 0 Å². The molecule has 0 spiro atoms. The maximum absolute atomic E-state index is 11.8. The summed E-state index contributed by atoms with van der Waals surface area (Å²) in [6.45, 7) is 5.33. The number of carbonyl (C=O) groups is 2. The van der Waals surface area contributed by atoms with E-state index in [0.29, 0.717) is 9.50 Å². The quantitative estimate of drug-likeness (QED) is 0.814. The highest BCUT2D eigenvalue weighted by molar-refractivity contribution is 9.10. The van der Waals surface area contributed by atoms with E-state index in [9.17, 15) is 9.59 Å². The smallest absolute Gasteiger partial charge is 0.408 e. The molecule has 6 heteroatoms. The maximum atomic E-state index is 11.8. The number of ether oxygens (including phenoxy) is 1. The van der Waals surface area contributed by atoms with Gasteiger partial charge in [-0.1, -0.05) is 17.7 Å². The van der Waals surface area contributed by atoms with E-state index in [1.807, 2.05) is 0 Å². The highest BCUT2D eigenvalue weighted by Gasteiger charge is 2.20. The highest BCUT2D eigenvalue weighted by atomic mass is 79.9. The predicted molar refractivity (Wildman–Crippen MR) is 81.9 cm³/mol. The van der Waals surface area contributed by atoms with E-state index in [1.54, 1.807) is 39.0 Å². The monoisotopic (exact) mass is 361 g/mol. The van der Waals surface area contributed by atoms with Crippen LogP contribution in [0.15, 0.2) is 22.7 Å². The van der Waals surface area contributed by atoms with Gasteiger partial charge in [0.2, 0.25) is 0 Å². The van der Waals surface area contributed by atoms with Crippen LogP contribution in [0.1, 0.15) is 38.8 Å². The summed E-state index contributed by atoms with van der Waals surface area (Å²) >= 11 is 9.24. The Morgan fingerprint density at radius 2 is 2.15 bits per heavy atom. The summed E-state index contributed by atoms with van der Waals surface area (Å²) in [6, 6.07) is 4.79. The number of halogens is 2. The van der Waals surface area contributed by atoms with Crippen LogP contribution in [0.4, 0.5) is 4.79 Å². The second kappa shape index (κ2) is 7.09. The van der Waals surface area contributed by atoms with E-state index in [-0.39, 0.29) is 6.42 Å². The molecule has 4 nitrogen and oxygen atoms in total. The largest absolute Gasteiger partial charge is 0.444 e. The molecule has 1 rings (SSSR count). The summed E-state index contributed by atoms with van der Waals surface area (Å²) in [5, 5.41) is 3.25. The first-order valence-corrected chi connectivity index (χ1v) is 7.28. The molecule has 110 valence electrons. The summed E-state index contributed by atoms with van der Waals surface area (Å²) in [4.78, 5) is 22.6. The van der Waals surface area contributed by atoms with E-state index in [0.717, 1.165) is 11.8 Å². The van der Waals surface area contributed by atoms with Crippen molar-refractivity contribution in [2.24, 2.45) is 0 Å². The first kappa shape index (κ1) is 17.0. The number of rotatable bonds is 4. The van der Waals surface area contributed by atoms with Crippen molar-refractivity contribution in [1.82, 2.24) is 5.32 Å². The lowest BCUT2D eigenvalue weighted by Crippen LogP contribution is -2.35. The van der Waals surface area contributed by atoms with Gasteiger partial charge in [0.25, 0.3) is 0 Å². The third-order valence-electron chi connectivity index (χ3n) is 2.37. The molecule has 0 aromatic heterocycles. The van der Waals surface area contributed by atoms with Crippen molar-refractivity contribution in [1.29, 1.82) is 0 Å². The number of alkyl carbamates (subject to hydrolysis) is 1. The standard InChI is InChI=1S/C14H17BrClNO3/c1-14(2,3)20-13(19)17-12(6-7-18)9-4-5-11(16)10(15)8-9/h4-5,7-8,12H,6H2,1-3H3,(H,17,19)/t12-/m0/s1. The van der Waals surface area contributed by atoms with Crippen LogP contribution in [0.2, 0.25) is 5.02 Å². The predicted octanol–water partition coefficient (Wildman–Crippen LogP) is 4.26. The van der Waals surface area contributed by atoms with Crippen LogP contribution in [0.25, 0.3) is 0 Å². The lowest BCUT2D eigenvalue weighted by Gasteiger charge is -2.23. The fourth-order valence-electron chi connectivity index (χ4n) is 1.55. The van der Waals surface area contributed by atoms with Crippen molar-refractivity contribution < 1.29 is 14.3 Å². The van der Waals surface area contributed by atoms with Crippen LogP contribution in [-0.4, -0.2) is 18.0 Å². The molecule has 0 unspecified atom stereocenters. The zero-order chi connectivity index (χ0) is 15.3. The molecule has 20 heavy (non-hydrogen) atoms. The number of amides is 1. The van der Waals surface area contributed by atoms with Crippen LogP contribution < -0.4 is 5.32 Å². The normalized spacial score (nSPS) is 12.7. The lowest BCUT2D eigenvalue weighted by molar-refractivity contribution is -0.108. The Labute approximate surface area is 132 Å². The molecular weight excluding hydrogens is 346 g/mol. The van der Waals surface area contributed by atoms with Crippen molar-refractivity contribution in [3.63, 3.8) is 0 Å². The Hall–Kier alpha value is -1.07. The van der Waals surface area contributed by atoms with Gasteiger partial charge in [-0.15, -0.1) is 0 Å². The van der Waals surface area contributed by atoms with Crippen molar-refractivity contribution in [2.45, 2.75) is 38.8 Å². The Bertz CT molecular complexity index is 500. The molecule has 0 heterocycles. The third-order valence-corrected chi connectivity index (χ3v) is 3.58. The minimum Gasteiger partial charge on any atom is -0.444 e. The number of hydrogen-bond acceptors (Lipinski definition) is 3. The van der Waals surface area contributed by atoms with E-state index in [4.69, 9.17) is 16.3 Å². The zero-order valence-electron chi connectivity index (χ0n) is 11.6. The van der Waals surface area contributed by atoms with Gasteiger partial charge < -0.3 is 14.8 Å². The van der Waals surface area contributed by atoms with Gasteiger partial charge in [0.1, 0.15) is 11.9 Å². The summed E-state index contributed by atoms with van der Waals surface area (Å²) in [6.07, 6.45) is 0.355. The first-order chi connectivity index (χ1) is 9.23. The van der Waals surface area contributed by atoms with Crippen LogP contribution in [0, 0.1) is 0 Å². The molecule has 0 bridgehead atoms. The number of nitrogens with one attached hydrogen (secondary N) is 1. The number of aldehydes is 1. The molecular formula is C14H17BrClNO3. The van der Waals surface area contributed by atoms with E-state index in [1.165, 1.54) is 0 Å². The highest BCUT2D eigenvalue weighted by Crippen LogP contribution is 2.27. The third kappa shape index (κ3) is 5.51. The average molecular weight is 363 g/mol. The average Bonchev–Trinajstić information content (AvgIpc) is 2.30. The van der Waals surface area contributed by atoms with E-state index in [2.05, 4.69) is 21.2 Å². The maximum Gasteiger partial charge on any atom is 0.408 e. The van der Waals surface area contributed by atoms with Crippen molar-refractivity contribution in [2.75, 3.05) is 0 Å². The fourth-order valence-corrected chi connectivity index (χ4v) is 2.07. The molecule has 0 aliphatic carbocycles. The van der Waals surface area contributed by atoms with Crippen molar-refractivity contribution >= 4 is 39.9 Å². The molecule has 0 saturated heterocycles. The Morgan fingerprint density at radius 1 is 1.50 bits per heavy atom. The second-order valence-corrected chi connectivity index (χ2v) is 6.54. The summed E-state index contributed by atoms with van der Waals surface area (Å²) < 4.78 is 5.89. The van der Waals surface area contributed by atoms with Crippen LogP contribution >= 0.6 is 27.5 Å². The summed E-state index contributed by atoms with van der Waals surface area (Å²) in [5.74, 6) is 0. The first-order valence-electron chi connectivity index (χ1n) is 6.11. The Morgan fingerprint density at radius 3 is 2.65 bits per heavy atom. The molecule has 1 amide bonds. The SMILES string of the molecule is CC(C)(C)OC(=O)N[C@@H](CC=O)c1ccc(Cl)c(Br)c1. The molecule has 0 radical (unpaired) electrons. The molecule has 1 N–H and O–H groups in total. The van der Waals surface area contributed by atoms with Gasteiger partial charge in [0.05, 0.1) is 11.1 Å². The van der Waals surface area contributed by atoms with E-state index < -0.39 is 17.7 Å². The molecule has 0 aliphatic rings. The van der Waals surface area contributed by atoms with Crippen LogP contribution in [-0.2, 0) is 9.53 Å². The topological polar surface area (TPSA) is 55.4 Å². The summed E-state index contributed by atoms with van der Waals surface area (Å²) in [5.41, 5.74) is 0.190. The van der Waals surface area contributed by atoms with Crippen LogP contribution in [0.5, 0.6) is 0 Å². The fraction of sp³-hybridized carbons (Fsp3) is 0.429. The number of hydrogen-bond donors (Lipinski definition) is 1. The van der Waals surface area contributed by atoms with Gasteiger partial charge in [-0.25, -0.2) is 4.79 Å². The second-order valence-electron chi connectivity index (χ2n) is 5.27. The Kier molecular flexibility index (Phi) is 6.02. The molecule has 0 aliphatic heterocycles. The molecule has 0 saturated carbocycles. The van der Waals surface area contributed by atoms with E-state index >= 15 is 0 Å². The van der Waals surface area contributed by atoms with Gasteiger partial charge in [-0.05, 0) is 54.4 Å². The van der Waals surface area contributed by atoms with Crippen molar-refractivity contribution in [3.8, 4) is 0 Å². The van der Waals surface area contributed by atoms with Crippen molar-refractivity contribution in [3.05, 3.63) is 33.3 Å². The Balaban J connectivity index is 2.85. The van der Waals surface area contributed by atoms with Crippen LogP contribution in [0.3, 0.4) is 0 Å². The van der Waals surface area contributed by atoms with Gasteiger partial charge in [0, 0.05) is 10.9 Å². The number of benzene rings is 1. The minimum absolute atomic E-state index is 0.160. The summed E-state index contributed by atoms with van der Waals surface area (Å²) in [7, 11) is 0. The molecule has 1 aromatic carbocycles. The molecule has 0 fully saturated rings. The lowest BCUT2D eigenvalue weighted by atomic mass is 10.0. The molecule has 1 aromatic rings. The number of carbonyl (C=O) groups excluding carboxylic acids is 2. The molecule has 1 atom stereocenters.